The number of anilines is 1. The van der Waals surface area contributed by atoms with E-state index in [1.807, 2.05) is 53.4 Å². The van der Waals surface area contributed by atoms with E-state index in [0.717, 1.165) is 11.3 Å². The van der Waals surface area contributed by atoms with Gasteiger partial charge in [0, 0.05) is 30.6 Å². The van der Waals surface area contributed by atoms with Crippen LogP contribution in [0.5, 0.6) is 0 Å². The molecule has 0 fully saturated rings. The lowest BCUT2D eigenvalue weighted by molar-refractivity contribution is 0.173. The van der Waals surface area contributed by atoms with Gasteiger partial charge in [0.05, 0.1) is 6.10 Å². The highest BCUT2D eigenvalue weighted by Gasteiger charge is 2.29. The predicted octanol–water partition coefficient (Wildman–Crippen LogP) is 3.87. The topological polar surface area (TPSA) is 52.6 Å². The van der Waals surface area contributed by atoms with Gasteiger partial charge in [0.1, 0.15) is 0 Å². The van der Waals surface area contributed by atoms with Crippen LogP contribution in [0.25, 0.3) is 0 Å². The SMILES string of the molecule is CC(O)CC(CNC(=O)N1CC(C)c2ccccc21)c1ccccc1. The quantitative estimate of drug-likeness (QED) is 0.869. The summed E-state index contributed by atoms with van der Waals surface area (Å²) >= 11 is 0. The Morgan fingerprint density at radius 2 is 1.88 bits per heavy atom. The van der Waals surface area contributed by atoms with Crippen molar-refractivity contribution in [1.29, 1.82) is 0 Å². The van der Waals surface area contributed by atoms with E-state index in [0.29, 0.717) is 25.4 Å². The first kappa shape index (κ1) is 17.5. The molecule has 0 spiro atoms. The van der Waals surface area contributed by atoms with Crippen molar-refractivity contribution in [3.63, 3.8) is 0 Å². The summed E-state index contributed by atoms with van der Waals surface area (Å²) in [5, 5.41) is 12.9. The van der Waals surface area contributed by atoms with Crippen molar-refractivity contribution in [1.82, 2.24) is 5.32 Å². The van der Waals surface area contributed by atoms with E-state index in [4.69, 9.17) is 0 Å². The minimum Gasteiger partial charge on any atom is -0.393 e. The molecule has 4 heteroatoms. The highest BCUT2D eigenvalue weighted by Crippen LogP contribution is 2.35. The van der Waals surface area contributed by atoms with Crippen LogP contribution in [0.1, 0.15) is 43.2 Å². The van der Waals surface area contributed by atoms with E-state index in [-0.39, 0.29) is 11.9 Å². The number of fused-ring (bicyclic) bond motifs is 1. The molecule has 0 aliphatic carbocycles. The number of nitrogens with zero attached hydrogens (tertiary/aromatic N) is 1. The Morgan fingerprint density at radius 3 is 2.60 bits per heavy atom. The van der Waals surface area contributed by atoms with Gasteiger partial charge in [0.15, 0.2) is 0 Å². The molecule has 1 aliphatic rings. The number of benzene rings is 2. The molecule has 0 radical (unpaired) electrons. The van der Waals surface area contributed by atoms with Gasteiger partial charge in [-0.3, -0.25) is 4.90 Å². The number of nitrogens with one attached hydrogen (secondary N) is 1. The summed E-state index contributed by atoms with van der Waals surface area (Å²) in [6, 6.07) is 18.1. The second-order valence-corrected chi connectivity index (χ2v) is 6.95. The molecule has 2 aromatic carbocycles. The standard InChI is InChI=1S/C21H26N2O2/c1-15-14-23(20-11-7-6-10-19(15)20)21(25)22-13-18(12-16(2)24)17-8-4-3-5-9-17/h3-11,15-16,18,24H,12-14H2,1-2H3,(H,22,25). The lowest BCUT2D eigenvalue weighted by Crippen LogP contribution is -2.41. The fourth-order valence-corrected chi connectivity index (χ4v) is 3.59. The number of aliphatic hydroxyl groups excluding tert-OH is 1. The number of aliphatic hydroxyl groups is 1. The average Bonchev–Trinajstić information content (AvgIpc) is 2.96. The number of para-hydroxylation sites is 1. The Bertz CT molecular complexity index is 715. The molecule has 1 heterocycles. The Kier molecular flexibility index (Phi) is 5.39. The van der Waals surface area contributed by atoms with E-state index < -0.39 is 6.10 Å². The minimum absolute atomic E-state index is 0.0664. The van der Waals surface area contributed by atoms with Crippen LogP contribution in [0.2, 0.25) is 0 Å². The van der Waals surface area contributed by atoms with Gasteiger partial charge in [-0.15, -0.1) is 0 Å². The largest absolute Gasteiger partial charge is 0.393 e. The molecule has 2 amide bonds. The molecule has 0 saturated carbocycles. The first-order chi connectivity index (χ1) is 12.1. The zero-order valence-corrected chi connectivity index (χ0v) is 14.9. The lowest BCUT2D eigenvalue weighted by Gasteiger charge is -2.23. The number of carbonyl (C=O) groups is 1. The second kappa shape index (κ2) is 7.70. The van der Waals surface area contributed by atoms with Gasteiger partial charge in [0.25, 0.3) is 0 Å². The van der Waals surface area contributed by atoms with Crippen molar-refractivity contribution in [2.24, 2.45) is 0 Å². The third kappa shape index (κ3) is 4.02. The van der Waals surface area contributed by atoms with E-state index in [9.17, 15) is 9.90 Å². The first-order valence-corrected chi connectivity index (χ1v) is 8.93. The van der Waals surface area contributed by atoms with Crippen molar-refractivity contribution in [3.8, 4) is 0 Å². The number of urea groups is 1. The van der Waals surface area contributed by atoms with Crippen LogP contribution >= 0.6 is 0 Å². The fourth-order valence-electron chi connectivity index (χ4n) is 3.59. The Labute approximate surface area is 149 Å². The number of carbonyl (C=O) groups excluding carboxylic acids is 1. The average molecular weight is 338 g/mol. The van der Waals surface area contributed by atoms with Crippen molar-refractivity contribution < 1.29 is 9.90 Å². The molecule has 3 rings (SSSR count). The molecule has 132 valence electrons. The maximum Gasteiger partial charge on any atom is 0.321 e. The summed E-state index contributed by atoms with van der Waals surface area (Å²) in [7, 11) is 0. The third-order valence-electron chi connectivity index (χ3n) is 4.86. The van der Waals surface area contributed by atoms with E-state index in [2.05, 4.69) is 18.3 Å². The van der Waals surface area contributed by atoms with Crippen molar-refractivity contribution in [3.05, 3.63) is 65.7 Å². The molecule has 1 aliphatic heterocycles. The van der Waals surface area contributed by atoms with Gasteiger partial charge in [-0.25, -0.2) is 4.79 Å². The molecule has 4 nitrogen and oxygen atoms in total. The Morgan fingerprint density at radius 1 is 1.20 bits per heavy atom. The molecule has 25 heavy (non-hydrogen) atoms. The highest BCUT2D eigenvalue weighted by atomic mass is 16.3. The van der Waals surface area contributed by atoms with Crippen LogP contribution < -0.4 is 10.2 Å². The number of hydrogen-bond donors (Lipinski definition) is 2. The predicted molar refractivity (Wildman–Crippen MR) is 101 cm³/mol. The maximum absolute atomic E-state index is 12.7. The molecule has 0 saturated heterocycles. The number of rotatable bonds is 5. The molecule has 3 unspecified atom stereocenters. The molecular formula is C21H26N2O2. The fraction of sp³-hybridized carbons (Fsp3) is 0.381. The van der Waals surface area contributed by atoms with E-state index >= 15 is 0 Å². The summed E-state index contributed by atoms with van der Waals surface area (Å²) in [6.07, 6.45) is 0.215. The van der Waals surface area contributed by atoms with Crippen LogP contribution in [0, 0.1) is 0 Å². The number of hydrogen-bond acceptors (Lipinski definition) is 2. The van der Waals surface area contributed by atoms with Gasteiger partial charge in [-0.2, -0.15) is 0 Å². The van der Waals surface area contributed by atoms with Gasteiger partial charge >= 0.3 is 6.03 Å². The van der Waals surface area contributed by atoms with Crippen molar-refractivity contribution >= 4 is 11.7 Å². The zero-order valence-electron chi connectivity index (χ0n) is 14.9. The van der Waals surface area contributed by atoms with Crippen LogP contribution in [0.3, 0.4) is 0 Å². The van der Waals surface area contributed by atoms with Gasteiger partial charge in [0.2, 0.25) is 0 Å². The normalized spacial score (nSPS) is 18.5. The summed E-state index contributed by atoms with van der Waals surface area (Å²) in [6.45, 7) is 5.15. The number of amides is 2. The molecular weight excluding hydrogens is 312 g/mol. The van der Waals surface area contributed by atoms with Crippen molar-refractivity contribution in [2.75, 3.05) is 18.0 Å². The highest BCUT2D eigenvalue weighted by molar-refractivity contribution is 5.94. The summed E-state index contributed by atoms with van der Waals surface area (Å²) in [5.41, 5.74) is 3.36. The van der Waals surface area contributed by atoms with Crippen molar-refractivity contribution in [2.45, 2.75) is 38.2 Å². The zero-order chi connectivity index (χ0) is 17.8. The lowest BCUT2D eigenvalue weighted by atomic mass is 9.93. The van der Waals surface area contributed by atoms with Crippen LogP contribution in [-0.2, 0) is 0 Å². The third-order valence-corrected chi connectivity index (χ3v) is 4.86. The second-order valence-electron chi connectivity index (χ2n) is 6.95. The Balaban J connectivity index is 1.68. The van der Waals surface area contributed by atoms with Crippen LogP contribution in [0.15, 0.2) is 54.6 Å². The summed E-state index contributed by atoms with van der Waals surface area (Å²) in [4.78, 5) is 14.6. The summed E-state index contributed by atoms with van der Waals surface area (Å²) < 4.78 is 0. The Hall–Kier alpha value is -2.33. The van der Waals surface area contributed by atoms with E-state index in [1.54, 1.807) is 6.92 Å². The van der Waals surface area contributed by atoms with Gasteiger partial charge < -0.3 is 10.4 Å². The molecule has 0 aromatic heterocycles. The minimum atomic E-state index is -0.408. The smallest absolute Gasteiger partial charge is 0.321 e. The summed E-state index contributed by atoms with van der Waals surface area (Å²) in [5.74, 6) is 0.449. The molecule has 2 aromatic rings. The first-order valence-electron chi connectivity index (χ1n) is 8.93. The molecule has 2 N–H and O–H groups in total. The molecule has 0 bridgehead atoms. The van der Waals surface area contributed by atoms with E-state index in [1.165, 1.54) is 5.56 Å². The monoisotopic (exact) mass is 338 g/mol. The molecule has 3 atom stereocenters. The van der Waals surface area contributed by atoms with Crippen LogP contribution in [0.4, 0.5) is 10.5 Å². The maximum atomic E-state index is 12.7. The van der Waals surface area contributed by atoms with Gasteiger partial charge in [-0.1, -0.05) is 55.5 Å². The van der Waals surface area contributed by atoms with Gasteiger partial charge in [-0.05, 0) is 30.5 Å². The van der Waals surface area contributed by atoms with Crippen LogP contribution in [-0.4, -0.2) is 30.3 Å².